The van der Waals surface area contributed by atoms with Crippen LogP contribution in [-0.2, 0) is 9.53 Å². The summed E-state index contributed by atoms with van der Waals surface area (Å²) in [6.07, 6.45) is -3.42. The summed E-state index contributed by atoms with van der Waals surface area (Å²) in [6.45, 7) is -1.17. The Hall–Kier alpha value is -0.470. The lowest BCUT2D eigenvalue weighted by Crippen LogP contribution is -2.30. The fraction of sp³-hybridized carbons (Fsp3) is 0.889. The van der Waals surface area contributed by atoms with Gasteiger partial charge in [0.05, 0.1) is 0 Å². The summed E-state index contributed by atoms with van der Waals surface area (Å²) >= 11 is 1.45. The number of rotatable bonds is 9. The predicted molar refractivity (Wildman–Crippen MR) is 59.0 cm³/mol. The van der Waals surface area contributed by atoms with Crippen molar-refractivity contribution in [2.75, 3.05) is 24.7 Å². The van der Waals surface area contributed by atoms with Gasteiger partial charge >= 0.3 is 12.1 Å². The van der Waals surface area contributed by atoms with Crippen LogP contribution in [0.15, 0.2) is 0 Å². The van der Waals surface area contributed by atoms with Crippen LogP contribution < -0.4 is 5.73 Å². The highest BCUT2D eigenvalue weighted by molar-refractivity contribution is 7.99. The fourth-order valence-electron chi connectivity index (χ4n) is 0.887. The Morgan fingerprint density at radius 3 is 2.59 bits per heavy atom. The van der Waals surface area contributed by atoms with Crippen LogP contribution in [0.3, 0.4) is 0 Å². The number of aliphatic carboxylic acids is 1. The van der Waals surface area contributed by atoms with E-state index in [0.717, 1.165) is 0 Å². The van der Waals surface area contributed by atoms with Crippen LogP contribution in [0.4, 0.5) is 13.2 Å². The third-order valence-electron chi connectivity index (χ3n) is 1.73. The van der Waals surface area contributed by atoms with E-state index in [2.05, 4.69) is 4.74 Å². The number of alkyl halides is 3. The van der Waals surface area contributed by atoms with E-state index in [1.54, 1.807) is 0 Å². The maximum absolute atomic E-state index is 11.7. The topological polar surface area (TPSA) is 72.5 Å². The van der Waals surface area contributed by atoms with Gasteiger partial charge in [-0.05, 0) is 24.3 Å². The average molecular weight is 275 g/mol. The molecule has 3 N–H and O–H groups in total. The predicted octanol–water partition coefficient (Wildman–Crippen LogP) is 1.49. The van der Waals surface area contributed by atoms with E-state index in [-0.39, 0.29) is 6.61 Å². The van der Waals surface area contributed by atoms with Crippen LogP contribution in [-0.4, -0.2) is 48.0 Å². The number of ether oxygens (including phenoxy) is 1. The molecule has 0 fully saturated rings. The SMILES string of the molecule is NC(CCSCCCOCC(F)(F)F)C(=O)O. The van der Waals surface area contributed by atoms with Gasteiger partial charge in [0.1, 0.15) is 12.6 Å². The highest BCUT2D eigenvalue weighted by atomic mass is 32.2. The van der Waals surface area contributed by atoms with Crippen LogP contribution in [0.5, 0.6) is 0 Å². The van der Waals surface area contributed by atoms with Crippen molar-refractivity contribution >= 4 is 17.7 Å². The lowest BCUT2D eigenvalue weighted by atomic mass is 10.2. The van der Waals surface area contributed by atoms with Gasteiger partial charge in [-0.1, -0.05) is 0 Å². The van der Waals surface area contributed by atoms with Crippen molar-refractivity contribution in [3.05, 3.63) is 0 Å². The first-order valence-electron chi connectivity index (χ1n) is 5.03. The van der Waals surface area contributed by atoms with Crippen molar-refractivity contribution in [2.45, 2.75) is 25.1 Å². The average Bonchev–Trinajstić information content (AvgIpc) is 2.19. The van der Waals surface area contributed by atoms with Gasteiger partial charge in [0.25, 0.3) is 0 Å². The van der Waals surface area contributed by atoms with Gasteiger partial charge in [-0.25, -0.2) is 0 Å². The molecule has 0 amide bonds. The molecule has 0 radical (unpaired) electrons. The van der Waals surface area contributed by atoms with Crippen LogP contribution in [0, 0.1) is 0 Å². The molecule has 1 atom stereocenters. The molecule has 0 saturated heterocycles. The molecule has 0 aromatic rings. The normalized spacial score (nSPS) is 13.6. The minimum absolute atomic E-state index is 0.0531. The van der Waals surface area contributed by atoms with Crippen molar-refractivity contribution < 1.29 is 27.8 Å². The Labute approximate surface area is 102 Å². The van der Waals surface area contributed by atoms with Crippen molar-refractivity contribution in [3.8, 4) is 0 Å². The maximum atomic E-state index is 11.7. The Morgan fingerprint density at radius 1 is 1.41 bits per heavy atom. The van der Waals surface area contributed by atoms with Gasteiger partial charge in [0.2, 0.25) is 0 Å². The second-order valence-electron chi connectivity index (χ2n) is 3.37. The summed E-state index contributed by atoms with van der Waals surface area (Å²) in [5, 5.41) is 8.47. The first-order valence-corrected chi connectivity index (χ1v) is 6.19. The molecule has 0 spiro atoms. The number of thioether (sulfide) groups is 1. The summed E-state index contributed by atoms with van der Waals surface area (Å²) in [5.41, 5.74) is 5.26. The molecule has 1 unspecified atom stereocenters. The zero-order valence-electron chi connectivity index (χ0n) is 9.20. The van der Waals surface area contributed by atoms with Gasteiger partial charge in [-0.2, -0.15) is 24.9 Å². The number of carboxylic acids is 1. The second-order valence-corrected chi connectivity index (χ2v) is 4.59. The molecule has 0 aromatic carbocycles. The van der Waals surface area contributed by atoms with Gasteiger partial charge in [-0.3, -0.25) is 4.79 Å². The van der Waals surface area contributed by atoms with E-state index < -0.39 is 24.8 Å². The molecule has 4 nitrogen and oxygen atoms in total. The molecular weight excluding hydrogens is 259 g/mol. The lowest BCUT2D eigenvalue weighted by Gasteiger charge is -2.08. The van der Waals surface area contributed by atoms with Crippen molar-refractivity contribution in [2.24, 2.45) is 5.73 Å². The molecule has 0 heterocycles. The van der Waals surface area contributed by atoms with Crippen LogP contribution in [0.2, 0.25) is 0 Å². The van der Waals surface area contributed by atoms with Crippen molar-refractivity contribution in [1.82, 2.24) is 0 Å². The minimum atomic E-state index is -4.28. The van der Waals surface area contributed by atoms with E-state index in [0.29, 0.717) is 24.3 Å². The molecular formula is C9H16F3NO3S. The third-order valence-corrected chi connectivity index (χ3v) is 2.84. The van der Waals surface area contributed by atoms with Crippen LogP contribution in [0.25, 0.3) is 0 Å². The Morgan fingerprint density at radius 2 is 2.06 bits per heavy atom. The largest absolute Gasteiger partial charge is 0.480 e. The summed E-state index contributed by atoms with van der Waals surface area (Å²) in [4.78, 5) is 10.3. The van der Waals surface area contributed by atoms with Crippen LogP contribution in [0.1, 0.15) is 12.8 Å². The van der Waals surface area contributed by atoms with Crippen molar-refractivity contribution in [3.63, 3.8) is 0 Å². The standard InChI is InChI=1S/C9H16F3NO3S/c10-9(11,12)6-16-3-1-4-17-5-2-7(13)8(14)15/h7H,1-6,13H2,(H,14,15). The monoisotopic (exact) mass is 275 g/mol. The van der Waals surface area contributed by atoms with E-state index in [1.165, 1.54) is 11.8 Å². The Bertz CT molecular complexity index is 226. The quantitative estimate of drug-likeness (QED) is 0.624. The molecule has 8 heteroatoms. The van der Waals surface area contributed by atoms with E-state index in [1.807, 2.05) is 0 Å². The van der Waals surface area contributed by atoms with Crippen molar-refractivity contribution in [1.29, 1.82) is 0 Å². The van der Waals surface area contributed by atoms with Crippen LogP contribution >= 0.6 is 11.8 Å². The van der Waals surface area contributed by atoms with Gasteiger partial charge in [-0.15, -0.1) is 0 Å². The number of halogens is 3. The number of hydrogen-bond acceptors (Lipinski definition) is 4. The zero-order valence-corrected chi connectivity index (χ0v) is 10.0. The fourth-order valence-corrected chi connectivity index (χ4v) is 1.83. The van der Waals surface area contributed by atoms with E-state index in [4.69, 9.17) is 10.8 Å². The lowest BCUT2D eigenvalue weighted by molar-refractivity contribution is -0.173. The second kappa shape index (κ2) is 8.60. The molecule has 0 aliphatic carbocycles. The van der Waals surface area contributed by atoms with E-state index in [9.17, 15) is 18.0 Å². The summed E-state index contributed by atoms with van der Waals surface area (Å²) in [5.74, 6) is 0.163. The smallest absolute Gasteiger partial charge is 0.411 e. The summed E-state index contributed by atoms with van der Waals surface area (Å²) < 4.78 is 39.4. The summed E-state index contributed by atoms with van der Waals surface area (Å²) in [6, 6.07) is -0.871. The molecule has 102 valence electrons. The maximum Gasteiger partial charge on any atom is 0.411 e. The van der Waals surface area contributed by atoms with Gasteiger partial charge in [0, 0.05) is 6.61 Å². The molecule has 0 rings (SSSR count). The number of carbonyl (C=O) groups is 1. The first kappa shape index (κ1) is 16.5. The van der Waals surface area contributed by atoms with Gasteiger partial charge < -0.3 is 15.6 Å². The number of nitrogens with two attached hydrogens (primary N) is 1. The molecule has 17 heavy (non-hydrogen) atoms. The van der Waals surface area contributed by atoms with Gasteiger partial charge in [0.15, 0.2) is 0 Å². The first-order chi connectivity index (χ1) is 7.83. The number of carboxylic acid groups (broad SMARTS) is 1. The molecule has 0 aromatic heterocycles. The Balaban J connectivity index is 3.22. The molecule has 0 aliphatic heterocycles. The Kier molecular flexibility index (Phi) is 8.36. The molecule has 0 bridgehead atoms. The molecule has 0 aliphatic rings. The van der Waals surface area contributed by atoms with E-state index >= 15 is 0 Å². The number of hydrogen-bond donors (Lipinski definition) is 2. The highest BCUT2D eigenvalue weighted by Crippen LogP contribution is 2.14. The summed E-state index contributed by atoms with van der Waals surface area (Å²) in [7, 11) is 0. The third kappa shape index (κ3) is 11.8. The highest BCUT2D eigenvalue weighted by Gasteiger charge is 2.27. The zero-order chi connectivity index (χ0) is 13.3. The minimum Gasteiger partial charge on any atom is -0.480 e. The molecule has 0 saturated carbocycles.